The zero-order valence-corrected chi connectivity index (χ0v) is 12.4. The molecule has 110 valence electrons. The lowest BCUT2D eigenvalue weighted by atomic mass is 10.2. The number of carbonyl (C=O) groups excluding carboxylic acids is 2. The number of carbonyl (C=O) groups is 2. The van der Waals surface area contributed by atoms with E-state index in [-0.39, 0.29) is 11.8 Å². The van der Waals surface area contributed by atoms with Crippen LogP contribution in [-0.2, 0) is 16.1 Å². The molecule has 0 saturated carbocycles. The minimum atomic E-state index is -0.0170. The summed E-state index contributed by atoms with van der Waals surface area (Å²) in [5, 5.41) is 2.87. The minimum absolute atomic E-state index is 0.0170. The molecular weight excluding hydrogens is 252 g/mol. The van der Waals surface area contributed by atoms with Gasteiger partial charge >= 0.3 is 0 Å². The molecule has 20 heavy (non-hydrogen) atoms. The lowest BCUT2D eigenvalue weighted by molar-refractivity contribution is -0.129. The van der Waals surface area contributed by atoms with Gasteiger partial charge in [-0.3, -0.25) is 9.59 Å². The van der Waals surface area contributed by atoms with E-state index in [2.05, 4.69) is 12.2 Å². The second-order valence-corrected chi connectivity index (χ2v) is 4.87. The van der Waals surface area contributed by atoms with Gasteiger partial charge in [-0.25, -0.2) is 0 Å². The number of hydrogen-bond donors (Lipinski definition) is 1. The van der Waals surface area contributed by atoms with E-state index in [0.717, 1.165) is 24.9 Å². The quantitative estimate of drug-likeness (QED) is 0.792. The number of unbranched alkanes of at least 4 members (excludes halogenated alkanes) is 1. The highest BCUT2D eigenvalue weighted by molar-refractivity contribution is 5.78. The molecule has 0 aromatic heterocycles. The van der Waals surface area contributed by atoms with Crippen LogP contribution in [0.3, 0.4) is 0 Å². The van der Waals surface area contributed by atoms with Gasteiger partial charge in [-0.05, 0) is 12.0 Å². The molecule has 4 nitrogen and oxygen atoms in total. The molecule has 4 heteroatoms. The Hall–Kier alpha value is -1.84. The zero-order chi connectivity index (χ0) is 14.8. The van der Waals surface area contributed by atoms with Crippen molar-refractivity contribution in [3.63, 3.8) is 0 Å². The summed E-state index contributed by atoms with van der Waals surface area (Å²) in [4.78, 5) is 24.9. The fourth-order valence-electron chi connectivity index (χ4n) is 1.90. The van der Waals surface area contributed by atoms with E-state index in [1.165, 1.54) is 0 Å². The molecule has 0 aliphatic heterocycles. The molecule has 1 rings (SSSR count). The number of hydrogen-bond acceptors (Lipinski definition) is 2. The summed E-state index contributed by atoms with van der Waals surface area (Å²) in [6.07, 6.45) is 2.38. The van der Waals surface area contributed by atoms with Crippen molar-refractivity contribution in [3.8, 4) is 0 Å². The van der Waals surface area contributed by atoms with Crippen LogP contribution in [0.2, 0.25) is 0 Å². The van der Waals surface area contributed by atoms with E-state index in [1.807, 2.05) is 30.3 Å². The molecule has 0 saturated heterocycles. The molecule has 0 fully saturated rings. The first-order valence-electron chi connectivity index (χ1n) is 7.19. The van der Waals surface area contributed by atoms with Crippen molar-refractivity contribution in [3.05, 3.63) is 35.9 Å². The summed E-state index contributed by atoms with van der Waals surface area (Å²) < 4.78 is 0. The van der Waals surface area contributed by atoms with Gasteiger partial charge in [-0.15, -0.1) is 0 Å². The van der Waals surface area contributed by atoms with Crippen molar-refractivity contribution in [2.75, 3.05) is 13.1 Å². The number of benzene rings is 1. The fraction of sp³-hybridized carbons (Fsp3) is 0.500. The van der Waals surface area contributed by atoms with E-state index < -0.39 is 0 Å². The Kier molecular flexibility index (Phi) is 7.40. The summed E-state index contributed by atoms with van der Waals surface area (Å²) in [7, 11) is 0. The molecule has 2 amide bonds. The van der Waals surface area contributed by atoms with Crippen LogP contribution in [0.15, 0.2) is 30.3 Å². The van der Waals surface area contributed by atoms with Gasteiger partial charge in [0.25, 0.3) is 0 Å². The maximum absolute atomic E-state index is 11.8. The van der Waals surface area contributed by atoms with E-state index in [4.69, 9.17) is 0 Å². The Morgan fingerprint density at radius 1 is 1.15 bits per heavy atom. The molecule has 0 bridgehead atoms. The van der Waals surface area contributed by atoms with Crippen LogP contribution in [0.25, 0.3) is 0 Å². The second-order valence-electron chi connectivity index (χ2n) is 4.87. The molecule has 1 aromatic carbocycles. The summed E-state index contributed by atoms with van der Waals surface area (Å²) in [5.74, 6) is 0.0194. The summed E-state index contributed by atoms with van der Waals surface area (Å²) in [5.41, 5.74) is 1.08. The lowest BCUT2D eigenvalue weighted by Crippen LogP contribution is -2.34. The monoisotopic (exact) mass is 276 g/mol. The predicted molar refractivity (Wildman–Crippen MR) is 80.1 cm³/mol. The number of nitrogens with one attached hydrogen (secondary N) is 1. The summed E-state index contributed by atoms with van der Waals surface area (Å²) in [6.45, 7) is 5.41. The average Bonchev–Trinajstić information content (AvgIpc) is 2.46. The van der Waals surface area contributed by atoms with Gasteiger partial charge in [-0.1, -0.05) is 43.7 Å². The first kappa shape index (κ1) is 16.2. The van der Waals surface area contributed by atoms with Gasteiger partial charge < -0.3 is 10.2 Å². The largest absolute Gasteiger partial charge is 0.352 e. The smallest absolute Gasteiger partial charge is 0.222 e. The summed E-state index contributed by atoms with van der Waals surface area (Å²) >= 11 is 0. The van der Waals surface area contributed by atoms with Gasteiger partial charge in [0.1, 0.15) is 0 Å². The molecule has 0 radical (unpaired) electrons. The van der Waals surface area contributed by atoms with Gasteiger partial charge in [0.05, 0.1) is 0 Å². The molecule has 1 aromatic rings. The first-order valence-corrected chi connectivity index (χ1v) is 7.19. The molecule has 0 atom stereocenters. The maximum Gasteiger partial charge on any atom is 0.222 e. The van der Waals surface area contributed by atoms with Gasteiger partial charge in [0, 0.05) is 33.0 Å². The van der Waals surface area contributed by atoms with Crippen molar-refractivity contribution in [1.82, 2.24) is 10.2 Å². The number of rotatable bonds is 8. The standard InChI is InChI=1S/C16H24N2O2/c1-3-4-11-18(14(2)19)12-10-16(20)17-13-15-8-6-5-7-9-15/h5-9H,3-4,10-13H2,1-2H3,(H,17,20). The average molecular weight is 276 g/mol. The third kappa shape index (κ3) is 6.36. The molecule has 0 spiro atoms. The van der Waals surface area contributed by atoms with Crippen LogP contribution in [-0.4, -0.2) is 29.8 Å². The SMILES string of the molecule is CCCCN(CCC(=O)NCc1ccccc1)C(C)=O. The summed E-state index contributed by atoms with van der Waals surface area (Å²) in [6, 6.07) is 9.80. The molecule has 1 N–H and O–H groups in total. The normalized spacial score (nSPS) is 10.1. The third-order valence-corrected chi connectivity index (χ3v) is 3.17. The Bertz CT molecular complexity index is 418. The van der Waals surface area contributed by atoms with E-state index in [1.54, 1.807) is 11.8 Å². The van der Waals surface area contributed by atoms with E-state index in [0.29, 0.717) is 19.5 Å². The highest BCUT2D eigenvalue weighted by Gasteiger charge is 2.10. The van der Waals surface area contributed by atoms with Crippen molar-refractivity contribution in [2.24, 2.45) is 0 Å². The highest BCUT2D eigenvalue weighted by atomic mass is 16.2. The fourth-order valence-corrected chi connectivity index (χ4v) is 1.90. The molecular formula is C16H24N2O2. The second kappa shape index (κ2) is 9.13. The third-order valence-electron chi connectivity index (χ3n) is 3.17. The lowest BCUT2D eigenvalue weighted by Gasteiger charge is -2.20. The van der Waals surface area contributed by atoms with Gasteiger partial charge in [0.2, 0.25) is 11.8 Å². The highest BCUT2D eigenvalue weighted by Crippen LogP contribution is 2.00. The van der Waals surface area contributed by atoms with Crippen molar-refractivity contribution in [2.45, 2.75) is 39.7 Å². The van der Waals surface area contributed by atoms with Crippen molar-refractivity contribution >= 4 is 11.8 Å². The van der Waals surface area contributed by atoms with Gasteiger partial charge in [-0.2, -0.15) is 0 Å². The minimum Gasteiger partial charge on any atom is -0.352 e. The molecule has 0 heterocycles. The maximum atomic E-state index is 11.8. The Balaban J connectivity index is 2.29. The van der Waals surface area contributed by atoms with E-state index in [9.17, 15) is 9.59 Å². The molecule has 0 aliphatic carbocycles. The number of nitrogens with zero attached hydrogens (tertiary/aromatic N) is 1. The van der Waals surface area contributed by atoms with Crippen LogP contribution in [0, 0.1) is 0 Å². The topological polar surface area (TPSA) is 49.4 Å². The Morgan fingerprint density at radius 3 is 2.45 bits per heavy atom. The predicted octanol–water partition coefficient (Wildman–Crippen LogP) is 2.34. The van der Waals surface area contributed by atoms with Crippen molar-refractivity contribution in [1.29, 1.82) is 0 Å². The van der Waals surface area contributed by atoms with E-state index >= 15 is 0 Å². The zero-order valence-electron chi connectivity index (χ0n) is 12.4. The number of amides is 2. The van der Waals surface area contributed by atoms with Crippen LogP contribution in [0.4, 0.5) is 0 Å². The van der Waals surface area contributed by atoms with Crippen LogP contribution < -0.4 is 5.32 Å². The van der Waals surface area contributed by atoms with Crippen molar-refractivity contribution < 1.29 is 9.59 Å². The molecule has 0 unspecified atom stereocenters. The Morgan fingerprint density at radius 2 is 1.85 bits per heavy atom. The van der Waals surface area contributed by atoms with Crippen LogP contribution in [0.1, 0.15) is 38.7 Å². The van der Waals surface area contributed by atoms with Crippen LogP contribution in [0.5, 0.6) is 0 Å². The van der Waals surface area contributed by atoms with Crippen LogP contribution >= 0.6 is 0 Å². The Labute approximate surface area is 121 Å². The first-order chi connectivity index (χ1) is 9.63. The molecule has 0 aliphatic rings. The van der Waals surface area contributed by atoms with Gasteiger partial charge in [0.15, 0.2) is 0 Å².